The van der Waals surface area contributed by atoms with Crippen molar-refractivity contribution in [1.82, 2.24) is 15.3 Å². The fraction of sp³-hybridized carbons (Fsp3) is 0.643. The molecule has 0 aromatic carbocycles. The molecule has 1 aromatic heterocycles. The van der Waals surface area contributed by atoms with E-state index in [2.05, 4.69) is 15.3 Å². The number of carbonyl (C=O) groups is 1. The number of nitrogens with zero attached hydrogens (tertiary/aromatic N) is 3. The Kier molecular flexibility index (Phi) is 3.71. The van der Waals surface area contributed by atoms with E-state index in [1.165, 1.54) is 0 Å². The van der Waals surface area contributed by atoms with Crippen LogP contribution in [0.4, 0.5) is 5.82 Å². The second kappa shape index (κ2) is 5.64. The summed E-state index contributed by atoms with van der Waals surface area (Å²) in [5, 5.41) is 3.08. The molecule has 6 nitrogen and oxygen atoms in total. The van der Waals surface area contributed by atoms with Crippen LogP contribution in [0.15, 0.2) is 12.4 Å². The average Bonchev–Trinajstić information content (AvgIpc) is 3.12. The molecule has 3 rings (SSSR count). The molecule has 2 heterocycles. The first-order chi connectivity index (χ1) is 9.78. The molecule has 1 saturated heterocycles. The van der Waals surface area contributed by atoms with Gasteiger partial charge in [0.2, 0.25) is 11.8 Å². The van der Waals surface area contributed by atoms with Crippen LogP contribution in [0.25, 0.3) is 0 Å². The maximum Gasteiger partial charge on any atom is 0.242 e. The molecule has 108 valence electrons. The number of hydrogen-bond donors (Lipinski definition) is 1. The predicted molar refractivity (Wildman–Crippen MR) is 74.7 cm³/mol. The van der Waals surface area contributed by atoms with Crippen LogP contribution in [-0.4, -0.2) is 41.1 Å². The van der Waals surface area contributed by atoms with Gasteiger partial charge in [0, 0.05) is 12.6 Å². The number of aromatic nitrogens is 2. The summed E-state index contributed by atoms with van der Waals surface area (Å²) in [5.41, 5.74) is 0. The van der Waals surface area contributed by atoms with Crippen LogP contribution in [0.3, 0.4) is 0 Å². The van der Waals surface area contributed by atoms with Gasteiger partial charge in [0.15, 0.2) is 5.82 Å². The van der Waals surface area contributed by atoms with Gasteiger partial charge in [-0.2, -0.15) is 4.98 Å². The van der Waals surface area contributed by atoms with Gasteiger partial charge in [-0.3, -0.25) is 9.78 Å². The maximum atomic E-state index is 12.3. The van der Waals surface area contributed by atoms with E-state index in [-0.39, 0.29) is 11.9 Å². The van der Waals surface area contributed by atoms with E-state index in [1.807, 2.05) is 11.8 Å². The van der Waals surface area contributed by atoms with E-state index in [4.69, 9.17) is 4.74 Å². The standard InChI is InChI=1S/C14H20N4O2/c1-2-20-13-9-15-8-12(17-13)18-7-3-4-11(18)14(19)16-10-5-6-10/h8-11H,2-7H2,1H3,(H,16,19). The highest BCUT2D eigenvalue weighted by Gasteiger charge is 2.34. The Morgan fingerprint density at radius 1 is 1.45 bits per heavy atom. The molecule has 1 saturated carbocycles. The molecule has 1 amide bonds. The van der Waals surface area contributed by atoms with Crippen LogP contribution in [0.2, 0.25) is 0 Å². The van der Waals surface area contributed by atoms with Crippen molar-refractivity contribution in [1.29, 1.82) is 0 Å². The van der Waals surface area contributed by atoms with Crippen molar-refractivity contribution in [3.05, 3.63) is 12.4 Å². The fourth-order valence-electron chi connectivity index (χ4n) is 2.53. The summed E-state index contributed by atoms with van der Waals surface area (Å²) in [6.45, 7) is 3.31. The van der Waals surface area contributed by atoms with Crippen molar-refractivity contribution in [3.8, 4) is 5.88 Å². The van der Waals surface area contributed by atoms with E-state index in [9.17, 15) is 4.79 Å². The molecule has 1 atom stereocenters. The van der Waals surface area contributed by atoms with Gasteiger partial charge in [-0.1, -0.05) is 0 Å². The Labute approximate surface area is 118 Å². The van der Waals surface area contributed by atoms with Gasteiger partial charge in [0.05, 0.1) is 19.0 Å². The second-order valence-corrected chi connectivity index (χ2v) is 5.28. The first-order valence-electron chi connectivity index (χ1n) is 7.30. The quantitative estimate of drug-likeness (QED) is 0.873. The normalized spacial score (nSPS) is 21.9. The van der Waals surface area contributed by atoms with Crippen LogP contribution in [-0.2, 0) is 4.79 Å². The Bertz CT molecular complexity index is 490. The van der Waals surface area contributed by atoms with Gasteiger partial charge < -0.3 is 15.0 Å². The van der Waals surface area contributed by atoms with E-state index in [0.717, 1.165) is 38.0 Å². The van der Waals surface area contributed by atoms with Crippen LogP contribution in [0.5, 0.6) is 5.88 Å². The molecule has 1 aromatic rings. The molecule has 1 aliphatic heterocycles. The van der Waals surface area contributed by atoms with Gasteiger partial charge in [0.1, 0.15) is 6.04 Å². The third-order valence-corrected chi connectivity index (χ3v) is 3.67. The highest BCUT2D eigenvalue weighted by atomic mass is 16.5. The second-order valence-electron chi connectivity index (χ2n) is 5.28. The molecule has 6 heteroatoms. The Hall–Kier alpha value is -1.85. The van der Waals surface area contributed by atoms with Crippen molar-refractivity contribution in [3.63, 3.8) is 0 Å². The van der Waals surface area contributed by atoms with Gasteiger partial charge in [0.25, 0.3) is 0 Å². The minimum absolute atomic E-state index is 0.119. The van der Waals surface area contributed by atoms with Crippen molar-refractivity contribution in [2.24, 2.45) is 0 Å². The van der Waals surface area contributed by atoms with Crippen LogP contribution >= 0.6 is 0 Å². The molecule has 1 N–H and O–H groups in total. The molecule has 0 radical (unpaired) electrons. The van der Waals surface area contributed by atoms with Crippen molar-refractivity contribution < 1.29 is 9.53 Å². The predicted octanol–water partition coefficient (Wildman–Crippen LogP) is 1.12. The summed E-state index contributed by atoms with van der Waals surface area (Å²) in [5.74, 6) is 1.36. The summed E-state index contributed by atoms with van der Waals surface area (Å²) in [6.07, 6.45) is 7.40. The van der Waals surface area contributed by atoms with Crippen molar-refractivity contribution in [2.45, 2.75) is 44.7 Å². The van der Waals surface area contributed by atoms with Gasteiger partial charge in [-0.25, -0.2) is 0 Å². The monoisotopic (exact) mass is 276 g/mol. The maximum absolute atomic E-state index is 12.3. The zero-order valence-corrected chi connectivity index (χ0v) is 11.7. The highest BCUT2D eigenvalue weighted by molar-refractivity contribution is 5.86. The van der Waals surface area contributed by atoms with Gasteiger partial charge in [-0.15, -0.1) is 0 Å². The first-order valence-corrected chi connectivity index (χ1v) is 7.30. The molecule has 1 unspecified atom stereocenters. The van der Waals surface area contributed by atoms with Crippen LogP contribution in [0, 0.1) is 0 Å². The van der Waals surface area contributed by atoms with E-state index >= 15 is 0 Å². The summed E-state index contributed by atoms with van der Waals surface area (Å²) in [4.78, 5) is 22.9. The van der Waals surface area contributed by atoms with E-state index in [0.29, 0.717) is 18.5 Å². The smallest absolute Gasteiger partial charge is 0.242 e. The minimum atomic E-state index is -0.123. The number of rotatable bonds is 5. The number of anilines is 1. The van der Waals surface area contributed by atoms with E-state index in [1.54, 1.807) is 12.4 Å². The van der Waals surface area contributed by atoms with Crippen molar-refractivity contribution in [2.75, 3.05) is 18.1 Å². The third kappa shape index (κ3) is 2.84. The minimum Gasteiger partial charge on any atom is -0.477 e. The van der Waals surface area contributed by atoms with Crippen LogP contribution < -0.4 is 15.0 Å². The number of carbonyl (C=O) groups excluding carboxylic acids is 1. The summed E-state index contributed by atoms with van der Waals surface area (Å²) in [6, 6.07) is 0.271. The molecular formula is C14H20N4O2. The number of nitrogens with one attached hydrogen (secondary N) is 1. The third-order valence-electron chi connectivity index (χ3n) is 3.67. The lowest BCUT2D eigenvalue weighted by atomic mass is 10.2. The Morgan fingerprint density at radius 3 is 3.05 bits per heavy atom. The Morgan fingerprint density at radius 2 is 2.30 bits per heavy atom. The molecule has 1 aliphatic carbocycles. The zero-order chi connectivity index (χ0) is 13.9. The van der Waals surface area contributed by atoms with Crippen molar-refractivity contribution >= 4 is 11.7 Å². The summed E-state index contributed by atoms with van der Waals surface area (Å²) in [7, 11) is 0. The molecule has 20 heavy (non-hydrogen) atoms. The molecule has 2 aliphatic rings. The fourth-order valence-corrected chi connectivity index (χ4v) is 2.53. The van der Waals surface area contributed by atoms with Gasteiger partial charge >= 0.3 is 0 Å². The number of amides is 1. The summed E-state index contributed by atoms with van der Waals surface area (Å²) >= 11 is 0. The molecule has 2 fully saturated rings. The molecule has 0 bridgehead atoms. The molecular weight excluding hydrogens is 256 g/mol. The SMILES string of the molecule is CCOc1cncc(N2CCCC2C(=O)NC2CC2)n1. The van der Waals surface area contributed by atoms with E-state index < -0.39 is 0 Å². The molecule has 0 spiro atoms. The number of ether oxygens (including phenoxy) is 1. The Balaban J connectivity index is 1.73. The lowest BCUT2D eigenvalue weighted by Crippen LogP contribution is -2.44. The topological polar surface area (TPSA) is 67.3 Å². The van der Waals surface area contributed by atoms with Gasteiger partial charge in [-0.05, 0) is 32.6 Å². The number of hydrogen-bond acceptors (Lipinski definition) is 5. The first kappa shape index (κ1) is 13.1. The zero-order valence-electron chi connectivity index (χ0n) is 11.7. The largest absolute Gasteiger partial charge is 0.477 e. The van der Waals surface area contributed by atoms with Crippen LogP contribution in [0.1, 0.15) is 32.6 Å². The summed E-state index contributed by atoms with van der Waals surface area (Å²) < 4.78 is 5.38. The average molecular weight is 276 g/mol. The highest BCUT2D eigenvalue weighted by Crippen LogP contribution is 2.26. The lowest BCUT2D eigenvalue weighted by molar-refractivity contribution is -0.122. The lowest BCUT2D eigenvalue weighted by Gasteiger charge is -2.24.